The van der Waals surface area contributed by atoms with Gasteiger partial charge in [0.1, 0.15) is 5.82 Å². The Hall–Kier alpha value is -1.91. The third-order valence-corrected chi connectivity index (χ3v) is 3.35. The first-order valence-corrected chi connectivity index (χ1v) is 6.06. The van der Waals surface area contributed by atoms with E-state index in [4.69, 9.17) is 4.42 Å². The van der Waals surface area contributed by atoms with Gasteiger partial charge in [-0.1, -0.05) is 6.42 Å². The number of halogens is 1. The molecule has 0 saturated heterocycles. The largest absolute Gasteiger partial charge is 0.437 e. The summed E-state index contributed by atoms with van der Waals surface area (Å²) in [6.07, 6.45) is 3.51. The van der Waals surface area contributed by atoms with E-state index in [0.29, 0.717) is 18.0 Å². The lowest BCUT2D eigenvalue weighted by molar-refractivity contribution is 0.259. The Morgan fingerprint density at radius 3 is 2.67 bits per heavy atom. The molecule has 1 heterocycles. The predicted molar refractivity (Wildman–Crippen MR) is 63.5 cm³/mol. The van der Waals surface area contributed by atoms with Crippen LogP contribution in [0.4, 0.5) is 4.39 Å². The smallest absolute Gasteiger partial charge is 0.388 e. The zero-order chi connectivity index (χ0) is 12.5. The monoisotopic (exact) mass is 248 g/mol. The standard InChI is InChI=1S/C13H13FN2O2/c14-11-6-4-10(5-7-11)12-15-16(13(17)18-12)8-9-2-1-3-9/h4-7,9H,1-3,8H2. The van der Waals surface area contributed by atoms with E-state index in [2.05, 4.69) is 5.10 Å². The summed E-state index contributed by atoms with van der Waals surface area (Å²) in [5, 5.41) is 4.15. The molecule has 1 fully saturated rings. The fourth-order valence-electron chi connectivity index (χ4n) is 2.05. The van der Waals surface area contributed by atoms with Crippen molar-refractivity contribution in [2.75, 3.05) is 0 Å². The van der Waals surface area contributed by atoms with E-state index in [1.807, 2.05) is 0 Å². The maximum Gasteiger partial charge on any atom is 0.437 e. The molecular weight excluding hydrogens is 235 g/mol. The van der Waals surface area contributed by atoms with Gasteiger partial charge >= 0.3 is 5.76 Å². The Morgan fingerprint density at radius 1 is 1.33 bits per heavy atom. The van der Waals surface area contributed by atoms with Crippen molar-refractivity contribution >= 4 is 0 Å². The summed E-state index contributed by atoms with van der Waals surface area (Å²) in [4.78, 5) is 11.6. The highest BCUT2D eigenvalue weighted by molar-refractivity contribution is 5.51. The number of aromatic nitrogens is 2. The van der Waals surface area contributed by atoms with E-state index >= 15 is 0 Å². The topological polar surface area (TPSA) is 48.0 Å². The van der Waals surface area contributed by atoms with Crippen LogP contribution >= 0.6 is 0 Å². The van der Waals surface area contributed by atoms with E-state index in [9.17, 15) is 9.18 Å². The average molecular weight is 248 g/mol. The predicted octanol–water partition coefficient (Wildman–Crippen LogP) is 2.44. The van der Waals surface area contributed by atoms with E-state index in [1.165, 1.54) is 23.2 Å². The molecule has 1 aliphatic carbocycles. The van der Waals surface area contributed by atoms with Gasteiger partial charge in [0.25, 0.3) is 0 Å². The SMILES string of the molecule is O=c1oc(-c2ccc(F)cc2)nn1CC1CCC1. The van der Waals surface area contributed by atoms with Gasteiger partial charge in [0, 0.05) is 5.56 Å². The summed E-state index contributed by atoms with van der Waals surface area (Å²) in [5.74, 6) is 0.0180. The summed E-state index contributed by atoms with van der Waals surface area (Å²) in [6, 6.07) is 5.74. The first-order chi connectivity index (χ1) is 8.72. The highest BCUT2D eigenvalue weighted by Crippen LogP contribution is 2.27. The minimum atomic E-state index is -0.443. The molecule has 1 saturated carbocycles. The van der Waals surface area contributed by atoms with Crippen LogP contribution in [0, 0.1) is 11.7 Å². The van der Waals surface area contributed by atoms with E-state index in [-0.39, 0.29) is 11.7 Å². The molecule has 0 unspecified atom stereocenters. The minimum Gasteiger partial charge on any atom is -0.388 e. The van der Waals surface area contributed by atoms with Crippen molar-refractivity contribution in [1.29, 1.82) is 0 Å². The van der Waals surface area contributed by atoms with Gasteiger partial charge in [-0.25, -0.2) is 9.18 Å². The van der Waals surface area contributed by atoms with Gasteiger partial charge in [0.05, 0.1) is 6.54 Å². The number of hydrogen-bond acceptors (Lipinski definition) is 3. The molecule has 0 atom stereocenters. The molecule has 0 amide bonds. The lowest BCUT2D eigenvalue weighted by Crippen LogP contribution is -2.25. The summed E-state index contributed by atoms with van der Waals surface area (Å²) in [6.45, 7) is 0.615. The third kappa shape index (κ3) is 2.08. The normalized spacial score (nSPS) is 15.6. The number of rotatable bonds is 3. The molecule has 1 aromatic carbocycles. The molecule has 3 rings (SSSR count). The first-order valence-electron chi connectivity index (χ1n) is 6.06. The van der Waals surface area contributed by atoms with Crippen LogP contribution in [0.3, 0.4) is 0 Å². The van der Waals surface area contributed by atoms with Crippen LogP contribution in [0.2, 0.25) is 0 Å². The first kappa shape index (κ1) is 11.2. The van der Waals surface area contributed by atoms with E-state index in [1.54, 1.807) is 12.1 Å². The van der Waals surface area contributed by atoms with Crippen LogP contribution in [0.5, 0.6) is 0 Å². The third-order valence-electron chi connectivity index (χ3n) is 3.35. The zero-order valence-electron chi connectivity index (χ0n) is 9.80. The molecule has 1 aliphatic rings. The van der Waals surface area contributed by atoms with Crippen LogP contribution < -0.4 is 5.76 Å². The Balaban J connectivity index is 1.86. The number of hydrogen-bond donors (Lipinski definition) is 0. The van der Waals surface area contributed by atoms with Crippen molar-refractivity contribution in [1.82, 2.24) is 9.78 Å². The molecule has 0 aliphatic heterocycles. The van der Waals surface area contributed by atoms with E-state index < -0.39 is 5.76 Å². The Labute approximate surface area is 103 Å². The lowest BCUT2D eigenvalue weighted by Gasteiger charge is -2.23. The molecule has 18 heavy (non-hydrogen) atoms. The second-order valence-corrected chi connectivity index (χ2v) is 4.66. The van der Waals surface area contributed by atoms with Gasteiger partial charge in [-0.3, -0.25) is 0 Å². The fourth-order valence-corrected chi connectivity index (χ4v) is 2.05. The van der Waals surface area contributed by atoms with Crippen molar-refractivity contribution in [2.24, 2.45) is 5.92 Å². The maximum absolute atomic E-state index is 12.8. The van der Waals surface area contributed by atoms with Crippen LogP contribution in [0.15, 0.2) is 33.5 Å². The summed E-state index contributed by atoms with van der Waals surface area (Å²) < 4.78 is 19.2. The highest BCUT2D eigenvalue weighted by atomic mass is 19.1. The number of benzene rings is 1. The Kier molecular flexibility index (Phi) is 2.74. The zero-order valence-corrected chi connectivity index (χ0v) is 9.80. The highest BCUT2D eigenvalue weighted by Gasteiger charge is 2.20. The van der Waals surface area contributed by atoms with Gasteiger partial charge in [-0.05, 0) is 43.0 Å². The molecule has 4 nitrogen and oxygen atoms in total. The van der Waals surface area contributed by atoms with Crippen molar-refractivity contribution in [3.63, 3.8) is 0 Å². The van der Waals surface area contributed by atoms with Crippen LogP contribution in [0.25, 0.3) is 11.5 Å². The van der Waals surface area contributed by atoms with Gasteiger partial charge in [0.15, 0.2) is 0 Å². The molecule has 1 aromatic heterocycles. The Morgan fingerprint density at radius 2 is 2.06 bits per heavy atom. The molecular formula is C13H13FN2O2. The van der Waals surface area contributed by atoms with Gasteiger partial charge < -0.3 is 4.42 Å². The fraction of sp³-hybridized carbons (Fsp3) is 0.385. The molecule has 94 valence electrons. The molecule has 5 heteroatoms. The molecule has 0 radical (unpaired) electrons. The number of nitrogens with zero attached hydrogens (tertiary/aromatic N) is 2. The van der Waals surface area contributed by atoms with Crippen molar-refractivity contribution in [2.45, 2.75) is 25.8 Å². The molecule has 0 N–H and O–H groups in total. The Bertz CT molecular complexity index is 596. The second-order valence-electron chi connectivity index (χ2n) is 4.66. The average Bonchev–Trinajstić information content (AvgIpc) is 2.66. The van der Waals surface area contributed by atoms with Crippen molar-refractivity contribution in [3.8, 4) is 11.5 Å². The minimum absolute atomic E-state index is 0.249. The molecule has 2 aromatic rings. The van der Waals surface area contributed by atoms with Crippen LogP contribution in [-0.4, -0.2) is 9.78 Å². The summed E-state index contributed by atoms with van der Waals surface area (Å²) in [7, 11) is 0. The molecule has 0 spiro atoms. The van der Waals surface area contributed by atoms with Crippen molar-refractivity contribution < 1.29 is 8.81 Å². The molecule has 0 bridgehead atoms. The quantitative estimate of drug-likeness (QED) is 0.838. The lowest BCUT2D eigenvalue weighted by atomic mass is 9.86. The second kappa shape index (κ2) is 4.40. The van der Waals surface area contributed by atoms with Gasteiger partial charge in [-0.15, -0.1) is 5.10 Å². The van der Waals surface area contributed by atoms with Crippen LogP contribution in [0.1, 0.15) is 19.3 Å². The summed E-state index contributed by atoms with van der Waals surface area (Å²) >= 11 is 0. The van der Waals surface area contributed by atoms with E-state index in [0.717, 1.165) is 12.8 Å². The maximum atomic E-state index is 12.8. The van der Waals surface area contributed by atoms with Gasteiger partial charge in [0.2, 0.25) is 5.89 Å². The van der Waals surface area contributed by atoms with Gasteiger partial charge in [-0.2, -0.15) is 4.68 Å². The van der Waals surface area contributed by atoms with Crippen molar-refractivity contribution in [3.05, 3.63) is 40.6 Å². The summed E-state index contributed by atoms with van der Waals surface area (Å²) in [5.41, 5.74) is 0.612. The van der Waals surface area contributed by atoms with Crippen LogP contribution in [-0.2, 0) is 6.54 Å².